The molecule has 0 saturated heterocycles. The lowest BCUT2D eigenvalue weighted by atomic mass is 10.1. The minimum atomic E-state index is -0.746. The van der Waals surface area contributed by atoms with E-state index in [1.165, 1.54) is 41.8 Å². The summed E-state index contributed by atoms with van der Waals surface area (Å²) in [6.07, 6.45) is 1.49. The van der Waals surface area contributed by atoms with Gasteiger partial charge in [-0.05, 0) is 25.1 Å². The molecule has 1 aromatic heterocycles. The van der Waals surface area contributed by atoms with Gasteiger partial charge < -0.3 is 10.8 Å². The molecule has 0 unspecified atom stereocenters. The molecule has 3 rings (SSSR count). The molecular weight excluding hydrogens is 394 g/mol. The molecule has 0 aliphatic heterocycles. The average Bonchev–Trinajstić information content (AvgIpc) is 3.09. The first-order valence-electron chi connectivity index (χ1n) is 8.53. The third kappa shape index (κ3) is 4.38. The number of hydrogen-bond donors (Lipinski definition) is 2. The number of amides is 1. The Balaban J connectivity index is 2.10. The Hall–Kier alpha value is -3.79. The SMILES string of the molecule is CCN=c1scc(-c2ccc(O)c(C(N)=O)c2)n1N=Cc1cccc([N+](=O)[O-])c1. The van der Waals surface area contributed by atoms with E-state index < -0.39 is 10.8 Å². The molecule has 0 aliphatic carbocycles. The lowest BCUT2D eigenvalue weighted by molar-refractivity contribution is -0.384. The van der Waals surface area contributed by atoms with Gasteiger partial charge in [-0.1, -0.05) is 12.1 Å². The van der Waals surface area contributed by atoms with E-state index in [2.05, 4.69) is 10.1 Å². The van der Waals surface area contributed by atoms with Gasteiger partial charge in [-0.3, -0.25) is 19.9 Å². The molecule has 9 nitrogen and oxygen atoms in total. The Bertz CT molecular complexity index is 1180. The van der Waals surface area contributed by atoms with Crippen molar-refractivity contribution >= 4 is 29.1 Å². The van der Waals surface area contributed by atoms with Gasteiger partial charge in [0.2, 0.25) is 4.80 Å². The Labute approximate surface area is 169 Å². The number of benzene rings is 2. The molecule has 1 heterocycles. The molecule has 148 valence electrons. The Kier molecular flexibility index (Phi) is 5.84. The third-order valence-corrected chi connectivity index (χ3v) is 4.79. The second-order valence-electron chi connectivity index (χ2n) is 5.88. The van der Waals surface area contributed by atoms with Crippen molar-refractivity contribution in [3.63, 3.8) is 0 Å². The highest BCUT2D eigenvalue weighted by atomic mass is 32.1. The maximum atomic E-state index is 11.6. The number of nitrogens with zero attached hydrogens (tertiary/aromatic N) is 4. The monoisotopic (exact) mass is 411 g/mol. The van der Waals surface area contributed by atoms with Crippen LogP contribution in [0.3, 0.4) is 0 Å². The molecule has 0 bridgehead atoms. The number of primary amides is 1. The van der Waals surface area contributed by atoms with Crippen molar-refractivity contribution < 1.29 is 14.8 Å². The van der Waals surface area contributed by atoms with Crippen molar-refractivity contribution in [2.24, 2.45) is 15.8 Å². The van der Waals surface area contributed by atoms with Crippen LogP contribution in [0.5, 0.6) is 5.75 Å². The summed E-state index contributed by atoms with van der Waals surface area (Å²) in [5.41, 5.74) is 7.08. The number of aromatic nitrogens is 1. The van der Waals surface area contributed by atoms with E-state index in [9.17, 15) is 20.0 Å². The van der Waals surface area contributed by atoms with E-state index in [1.807, 2.05) is 12.3 Å². The van der Waals surface area contributed by atoms with Gasteiger partial charge in [-0.25, -0.2) is 4.68 Å². The van der Waals surface area contributed by atoms with Crippen LogP contribution in [0.1, 0.15) is 22.8 Å². The van der Waals surface area contributed by atoms with Crippen LogP contribution in [-0.2, 0) is 0 Å². The predicted molar refractivity (Wildman–Crippen MR) is 110 cm³/mol. The molecule has 0 atom stereocenters. The first-order valence-corrected chi connectivity index (χ1v) is 9.41. The highest BCUT2D eigenvalue weighted by Gasteiger charge is 2.13. The van der Waals surface area contributed by atoms with Gasteiger partial charge in [0.1, 0.15) is 5.75 Å². The second-order valence-corrected chi connectivity index (χ2v) is 6.72. The largest absolute Gasteiger partial charge is 0.507 e. The number of rotatable bonds is 6. The molecule has 0 fully saturated rings. The molecule has 10 heteroatoms. The lowest BCUT2D eigenvalue weighted by Gasteiger charge is -2.06. The second kappa shape index (κ2) is 8.48. The van der Waals surface area contributed by atoms with E-state index in [1.54, 1.807) is 22.9 Å². The van der Waals surface area contributed by atoms with Crippen molar-refractivity contribution in [1.29, 1.82) is 0 Å². The van der Waals surface area contributed by atoms with Gasteiger partial charge in [-0.15, -0.1) is 11.3 Å². The quantitative estimate of drug-likeness (QED) is 0.366. The van der Waals surface area contributed by atoms with Gasteiger partial charge in [0.25, 0.3) is 11.6 Å². The summed E-state index contributed by atoms with van der Waals surface area (Å²) in [6, 6.07) is 10.6. The third-order valence-electron chi connectivity index (χ3n) is 3.94. The first-order chi connectivity index (χ1) is 13.9. The van der Waals surface area contributed by atoms with Crippen LogP contribution in [-0.4, -0.2) is 33.4 Å². The van der Waals surface area contributed by atoms with Crippen LogP contribution in [0.15, 0.2) is 57.9 Å². The van der Waals surface area contributed by atoms with Crippen LogP contribution in [0.2, 0.25) is 0 Å². The zero-order valence-electron chi connectivity index (χ0n) is 15.3. The maximum absolute atomic E-state index is 11.6. The number of nitrogens with two attached hydrogens (primary N) is 1. The number of hydrogen-bond acceptors (Lipinski definition) is 7. The van der Waals surface area contributed by atoms with Gasteiger partial charge in [-0.2, -0.15) is 5.10 Å². The number of carbonyl (C=O) groups is 1. The fourth-order valence-corrected chi connectivity index (χ4v) is 3.49. The molecule has 0 aliphatic rings. The highest BCUT2D eigenvalue weighted by Crippen LogP contribution is 2.26. The molecule has 0 radical (unpaired) electrons. The minimum absolute atomic E-state index is 0.00288. The lowest BCUT2D eigenvalue weighted by Crippen LogP contribution is -2.13. The van der Waals surface area contributed by atoms with Gasteiger partial charge >= 0.3 is 0 Å². The van der Waals surface area contributed by atoms with Crippen LogP contribution in [0.25, 0.3) is 11.3 Å². The number of carbonyl (C=O) groups excluding carboxylic acids is 1. The number of aromatic hydroxyl groups is 1. The topological polar surface area (TPSA) is 136 Å². The minimum Gasteiger partial charge on any atom is -0.507 e. The molecule has 2 aromatic carbocycles. The fraction of sp³-hybridized carbons (Fsp3) is 0.105. The maximum Gasteiger partial charge on any atom is 0.270 e. The summed E-state index contributed by atoms with van der Waals surface area (Å²) in [7, 11) is 0. The molecule has 0 saturated carbocycles. The van der Waals surface area contributed by atoms with Crippen molar-refractivity contribution in [3.05, 3.63) is 73.9 Å². The van der Waals surface area contributed by atoms with Gasteiger partial charge in [0.05, 0.1) is 22.4 Å². The van der Waals surface area contributed by atoms with Crippen molar-refractivity contribution in [1.82, 2.24) is 4.68 Å². The van der Waals surface area contributed by atoms with E-state index in [-0.39, 0.29) is 17.0 Å². The molecule has 0 spiro atoms. The van der Waals surface area contributed by atoms with Crippen molar-refractivity contribution in [2.75, 3.05) is 6.54 Å². The summed E-state index contributed by atoms with van der Waals surface area (Å²) in [5.74, 6) is -0.953. The number of phenols is 1. The molecule has 3 aromatic rings. The van der Waals surface area contributed by atoms with E-state index in [4.69, 9.17) is 5.73 Å². The van der Waals surface area contributed by atoms with Crippen molar-refractivity contribution in [2.45, 2.75) is 6.92 Å². The van der Waals surface area contributed by atoms with Gasteiger partial charge in [0, 0.05) is 35.2 Å². The Morgan fingerprint density at radius 2 is 2.14 bits per heavy atom. The summed E-state index contributed by atoms with van der Waals surface area (Å²) >= 11 is 1.35. The average molecular weight is 411 g/mol. The fourth-order valence-electron chi connectivity index (χ4n) is 2.59. The number of non-ortho nitro benzene ring substituents is 1. The molecular formula is C19H17N5O4S. The molecule has 3 N–H and O–H groups in total. The zero-order chi connectivity index (χ0) is 21.0. The number of nitro groups is 1. The Morgan fingerprint density at radius 1 is 1.34 bits per heavy atom. The van der Waals surface area contributed by atoms with E-state index in [0.717, 1.165) is 0 Å². The first kappa shape index (κ1) is 20.0. The standard InChI is InChI=1S/C19H17N5O4S/c1-2-21-19-23(22-10-12-4-3-5-14(8-12)24(27)28)16(11-29-19)13-6-7-17(25)15(9-13)18(20)26/h3-11,25H,2H2,1H3,(H2,20,26). The molecule has 29 heavy (non-hydrogen) atoms. The van der Waals surface area contributed by atoms with Crippen LogP contribution >= 0.6 is 11.3 Å². The summed E-state index contributed by atoms with van der Waals surface area (Å²) in [4.78, 5) is 27.1. The Morgan fingerprint density at radius 3 is 2.83 bits per heavy atom. The normalized spacial score (nSPS) is 11.8. The predicted octanol–water partition coefficient (Wildman–Crippen LogP) is 2.73. The van der Waals surface area contributed by atoms with Gasteiger partial charge in [0.15, 0.2) is 0 Å². The number of nitro benzene ring substituents is 1. The summed E-state index contributed by atoms with van der Waals surface area (Å²) < 4.78 is 1.57. The molecule has 1 amide bonds. The zero-order valence-corrected chi connectivity index (χ0v) is 16.2. The van der Waals surface area contributed by atoms with Crippen molar-refractivity contribution in [3.8, 4) is 17.0 Å². The van der Waals surface area contributed by atoms with Crippen LogP contribution in [0, 0.1) is 10.1 Å². The van der Waals surface area contributed by atoms with Crippen LogP contribution in [0.4, 0.5) is 5.69 Å². The van der Waals surface area contributed by atoms with E-state index in [0.29, 0.717) is 28.2 Å². The number of thiazole rings is 1. The smallest absolute Gasteiger partial charge is 0.270 e. The summed E-state index contributed by atoms with van der Waals surface area (Å²) in [6.45, 7) is 2.42. The van der Waals surface area contributed by atoms with E-state index >= 15 is 0 Å². The summed E-state index contributed by atoms with van der Waals surface area (Å²) in [5, 5.41) is 27.0. The van der Waals surface area contributed by atoms with Crippen LogP contribution < -0.4 is 10.5 Å². The highest BCUT2D eigenvalue weighted by molar-refractivity contribution is 7.07.